The van der Waals surface area contributed by atoms with Crippen molar-refractivity contribution in [1.29, 1.82) is 0 Å². The lowest BCUT2D eigenvalue weighted by atomic mass is 9.96. The third-order valence-electron chi connectivity index (χ3n) is 2.67. The van der Waals surface area contributed by atoms with Gasteiger partial charge in [0.25, 0.3) is 0 Å². The molecule has 0 amide bonds. The number of rotatable bonds is 4. The highest BCUT2D eigenvalue weighted by molar-refractivity contribution is 9.10. The molecule has 84 valence electrons. The molecule has 1 saturated carbocycles. The van der Waals surface area contributed by atoms with Gasteiger partial charge in [0.1, 0.15) is 5.75 Å². The predicted molar refractivity (Wildman–Crippen MR) is 64.2 cm³/mol. The van der Waals surface area contributed by atoms with E-state index in [1.165, 1.54) is 12.5 Å². The average molecular weight is 282 g/mol. The van der Waals surface area contributed by atoms with E-state index in [0.29, 0.717) is 12.6 Å². The third-order valence-corrected chi connectivity index (χ3v) is 3.29. The van der Waals surface area contributed by atoms with E-state index >= 15 is 0 Å². The number of carbonyl (C=O) groups excluding carboxylic acids is 1. The molecule has 0 radical (unpaired) electrons. The van der Waals surface area contributed by atoms with Crippen molar-refractivity contribution < 1.29 is 9.53 Å². The van der Waals surface area contributed by atoms with Crippen LogP contribution in [0.4, 0.5) is 0 Å². The van der Waals surface area contributed by atoms with Crippen LogP contribution < -0.4 is 4.74 Å². The van der Waals surface area contributed by atoms with E-state index in [1.54, 1.807) is 0 Å². The van der Waals surface area contributed by atoms with Gasteiger partial charge in [-0.1, -0.05) is 6.07 Å². The van der Waals surface area contributed by atoms with Crippen LogP contribution in [0.25, 0.3) is 0 Å². The molecular formula is C12H12BrNO2. The number of isocyanates is 1. The smallest absolute Gasteiger partial charge is 0.235 e. The van der Waals surface area contributed by atoms with Crippen molar-refractivity contribution in [1.82, 2.24) is 0 Å². The van der Waals surface area contributed by atoms with E-state index in [2.05, 4.69) is 20.9 Å². The first-order valence-corrected chi connectivity index (χ1v) is 6.07. The van der Waals surface area contributed by atoms with E-state index in [9.17, 15) is 4.79 Å². The minimum absolute atomic E-state index is 0.367. The lowest BCUT2D eigenvalue weighted by molar-refractivity contribution is 0.119. The van der Waals surface area contributed by atoms with E-state index in [0.717, 1.165) is 28.6 Å². The zero-order valence-corrected chi connectivity index (χ0v) is 10.4. The summed E-state index contributed by atoms with van der Waals surface area (Å²) < 4.78 is 6.70. The molecule has 1 aliphatic carbocycles. The second-order valence-corrected chi connectivity index (χ2v) is 4.70. The number of halogens is 1. The number of benzene rings is 1. The molecule has 0 aliphatic heterocycles. The van der Waals surface area contributed by atoms with E-state index in [1.807, 2.05) is 18.2 Å². The molecule has 1 aromatic carbocycles. The van der Waals surface area contributed by atoms with Crippen molar-refractivity contribution in [3.05, 3.63) is 28.2 Å². The Morgan fingerprint density at radius 3 is 2.88 bits per heavy atom. The first kappa shape index (κ1) is 11.4. The second kappa shape index (κ2) is 5.28. The maximum absolute atomic E-state index is 9.99. The number of ether oxygens (including phenoxy) is 1. The normalized spacial score (nSPS) is 15.1. The fraction of sp³-hybridized carbons (Fsp3) is 0.417. The van der Waals surface area contributed by atoms with Crippen LogP contribution in [0.2, 0.25) is 0 Å². The molecule has 0 atom stereocenters. The summed E-state index contributed by atoms with van der Waals surface area (Å²) in [4.78, 5) is 13.5. The summed E-state index contributed by atoms with van der Waals surface area (Å²) in [6.07, 6.45) is 5.44. The van der Waals surface area contributed by atoms with Crippen LogP contribution >= 0.6 is 15.9 Å². The standard InChI is InChI=1S/C12H12BrNO2/c13-11-6-9(7-14-8-15)4-5-12(11)16-10-2-1-3-10/h4-6,10H,1-3,7H2. The maximum Gasteiger partial charge on any atom is 0.235 e. The lowest BCUT2D eigenvalue weighted by Crippen LogP contribution is -2.24. The van der Waals surface area contributed by atoms with Gasteiger partial charge in [-0.3, -0.25) is 0 Å². The SMILES string of the molecule is O=C=NCc1ccc(OC2CCC2)c(Br)c1. The van der Waals surface area contributed by atoms with E-state index in [-0.39, 0.29) is 0 Å². The molecule has 1 aromatic rings. The van der Waals surface area contributed by atoms with Gasteiger partial charge in [0.2, 0.25) is 6.08 Å². The molecule has 1 fully saturated rings. The van der Waals surface area contributed by atoms with Crippen LogP contribution in [0.15, 0.2) is 27.7 Å². The number of nitrogens with zero attached hydrogens (tertiary/aromatic N) is 1. The summed E-state index contributed by atoms with van der Waals surface area (Å²) in [6, 6.07) is 5.76. The van der Waals surface area contributed by atoms with Crippen molar-refractivity contribution in [3.63, 3.8) is 0 Å². The van der Waals surface area contributed by atoms with E-state index < -0.39 is 0 Å². The molecule has 0 saturated heterocycles. The number of aliphatic imine (C=N–C) groups is 1. The molecule has 1 aliphatic rings. The first-order chi connectivity index (χ1) is 7.79. The summed E-state index contributed by atoms with van der Waals surface area (Å²) in [5, 5.41) is 0. The molecule has 0 bridgehead atoms. The fourth-order valence-corrected chi connectivity index (χ4v) is 2.05. The van der Waals surface area contributed by atoms with Crippen molar-refractivity contribution in [2.24, 2.45) is 4.99 Å². The van der Waals surface area contributed by atoms with Crippen LogP contribution in [0.5, 0.6) is 5.75 Å². The van der Waals surface area contributed by atoms with Crippen molar-refractivity contribution in [2.75, 3.05) is 0 Å². The summed E-state index contributed by atoms with van der Waals surface area (Å²) in [5.41, 5.74) is 0.969. The Morgan fingerprint density at radius 1 is 1.50 bits per heavy atom. The van der Waals surface area contributed by atoms with Crippen LogP contribution in [0.1, 0.15) is 24.8 Å². The van der Waals surface area contributed by atoms with Gasteiger partial charge in [-0.05, 0) is 52.9 Å². The Hall–Kier alpha value is -1.12. The van der Waals surface area contributed by atoms with Gasteiger partial charge in [0.15, 0.2) is 0 Å². The van der Waals surface area contributed by atoms with E-state index in [4.69, 9.17) is 4.74 Å². The Morgan fingerprint density at radius 2 is 2.31 bits per heavy atom. The molecule has 2 rings (SSSR count). The zero-order chi connectivity index (χ0) is 11.4. The van der Waals surface area contributed by atoms with Crippen LogP contribution in [0, 0.1) is 0 Å². The van der Waals surface area contributed by atoms with Crippen LogP contribution in [-0.2, 0) is 11.3 Å². The third kappa shape index (κ3) is 2.71. The Balaban J connectivity index is 2.05. The number of hydrogen-bond acceptors (Lipinski definition) is 3. The van der Waals surface area contributed by atoms with Gasteiger partial charge in [-0.15, -0.1) is 0 Å². The molecule has 0 aromatic heterocycles. The predicted octanol–water partition coefficient (Wildman–Crippen LogP) is 3.22. The summed E-state index contributed by atoms with van der Waals surface area (Å²) >= 11 is 3.46. The number of hydrogen-bond donors (Lipinski definition) is 0. The maximum atomic E-state index is 9.99. The van der Waals surface area contributed by atoms with Crippen molar-refractivity contribution >= 4 is 22.0 Å². The highest BCUT2D eigenvalue weighted by Crippen LogP contribution is 2.31. The topological polar surface area (TPSA) is 38.7 Å². The van der Waals surface area contributed by atoms with Gasteiger partial charge in [0, 0.05) is 0 Å². The molecule has 0 spiro atoms. The van der Waals surface area contributed by atoms with Crippen LogP contribution in [-0.4, -0.2) is 12.2 Å². The monoisotopic (exact) mass is 281 g/mol. The van der Waals surface area contributed by atoms with Crippen molar-refractivity contribution in [2.45, 2.75) is 31.9 Å². The summed E-state index contributed by atoms with van der Waals surface area (Å²) in [7, 11) is 0. The Bertz CT molecular complexity index is 423. The van der Waals surface area contributed by atoms with Gasteiger partial charge in [-0.25, -0.2) is 9.79 Å². The largest absolute Gasteiger partial charge is 0.489 e. The Kier molecular flexibility index (Phi) is 3.75. The summed E-state index contributed by atoms with van der Waals surface area (Å²) in [5.74, 6) is 0.864. The molecule has 4 heteroatoms. The minimum atomic E-state index is 0.367. The molecule has 0 heterocycles. The second-order valence-electron chi connectivity index (χ2n) is 3.84. The highest BCUT2D eigenvalue weighted by Gasteiger charge is 2.19. The van der Waals surface area contributed by atoms with Gasteiger partial charge in [0.05, 0.1) is 17.1 Å². The van der Waals surface area contributed by atoms with Gasteiger partial charge < -0.3 is 4.74 Å². The fourth-order valence-electron chi connectivity index (χ4n) is 1.53. The van der Waals surface area contributed by atoms with Crippen LogP contribution in [0.3, 0.4) is 0 Å². The molecule has 0 unspecified atom stereocenters. The molecule has 0 N–H and O–H groups in total. The zero-order valence-electron chi connectivity index (χ0n) is 8.78. The average Bonchev–Trinajstić information content (AvgIpc) is 2.22. The quantitative estimate of drug-likeness (QED) is 0.628. The molecule has 16 heavy (non-hydrogen) atoms. The first-order valence-electron chi connectivity index (χ1n) is 5.28. The van der Waals surface area contributed by atoms with Crippen molar-refractivity contribution in [3.8, 4) is 5.75 Å². The lowest BCUT2D eigenvalue weighted by Gasteiger charge is -2.26. The molecular weight excluding hydrogens is 270 g/mol. The van der Waals surface area contributed by atoms with Gasteiger partial charge in [-0.2, -0.15) is 0 Å². The van der Waals surface area contributed by atoms with Gasteiger partial charge >= 0.3 is 0 Å². The molecule has 3 nitrogen and oxygen atoms in total. The Labute approximate surface area is 103 Å². The minimum Gasteiger partial charge on any atom is -0.489 e. The highest BCUT2D eigenvalue weighted by atomic mass is 79.9. The summed E-state index contributed by atoms with van der Waals surface area (Å²) in [6.45, 7) is 0.367.